The van der Waals surface area contributed by atoms with Gasteiger partial charge in [-0.2, -0.15) is 0 Å². The Labute approximate surface area is 262 Å². The lowest BCUT2D eigenvalue weighted by Gasteiger charge is -2.30. The number of carbonyl (C=O) groups is 4. The van der Waals surface area contributed by atoms with Crippen LogP contribution in [0.25, 0.3) is 0 Å². The minimum absolute atomic E-state index is 0.0707. The lowest BCUT2D eigenvalue weighted by Crippen LogP contribution is -2.47. The summed E-state index contributed by atoms with van der Waals surface area (Å²) in [7, 11) is -3.14. The normalized spacial score (nSPS) is 18.7. The van der Waals surface area contributed by atoms with Crippen molar-refractivity contribution in [3.05, 3.63) is 87.7 Å². The number of Topliss-reactive ketones (excluding diaryl/α,β-unsaturated/α-hetero) is 2. The van der Waals surface area contributed by atoms with E-state index in [1.807, 2.05) is 0 Å². The molecule has 1 unspecified atom stereocenters. The molecule has 0 spiro atoms. The van der Waals surface area contributed by atoms with Crippen molar-refractivity contribution in [3.8, 4) is 17.2 Å². The van der Waals surface area contributed by atoms with Crippen LogP contribution in [-0.4, -0.2) is 43.9 Å². The van der Waals surface area contributed by atoms with Crippen molar-refractivity contribution >= 4 is 39.0 Å². The Hall–Kier alpha value is -5.11. The van der Waals surface area contributed by atoms with Gasteiger partial charge in [-0.3, -0.25) is 23.9 Å². The second-order valence-electron chi connectivity index (χ2n) is 11.2. The zero-order valence-corrected chi connectivity index (χ0v) is 26.0. The zero-order chi connectivity index (χ0) is 33.9. The van der Waals surface area contributed by atoms with E-state index in [9.17, 15) is 41.5 Å². The number of ether oxygens (including phenoxy) is 2. The van der Waals surface area contributed by atoms with E-state index in [0.29, 0.717) is 22.8 Å². The van der Waals surface area contributed by atoms with E-state index in [0.717, 1.165) is 31.2 Å². The summed E-state index contributed by atoms with van der Waals surface area (Å²) in [4.78, 5) is 51.1. The summed E-state index contributed by atoms with van der Waals surface area (Å²) in [6.07, 6.45) is 1.02. The van der Waals surface area contributed by atoms with Crippen molar-refractivity contribution in [2.75, 3.05) is 11.8 Å². The van der Waals surface area contributed by atoms with Gasteiger partial charge < -0.3 is 19.9 Å². The van der Waals surface area contributed by atoms with Crippen molar-refractivity contribution in [3.63, 3.8) is 0 Å². The highest BCUT2D eigenvalue weighted by molar-refractivity contribution is 7.92. The van der Waals surface area contributed by atoms with Gasteiger partial charge >= 0.3 is 0 Å². The number of allylic oxidation sites excluding steroid dienone is 2. The lowest BCUT2D eigenvalue weighted by atomic mass is 9.67. The van der Waals surface area contributed by atoms with Crippen molar-refractivity contribution in [2.45, 2.75) is 44.6 Å². The summed E-state index contributed by atoms with van der Waals surface area (Å²) in [6.45, 7) is 5.77. The molecule has 3 aromatic carbocycles. The summed E-state index contributed by atoms with van der Waals surface area (Å²) in [5, 5.41) is 13.7. The number of sulfonamides is 1. The van der Waals surface area contributed by atoms with Gasteiger partial charge in [0.25, 0.3) is 15.9 Å². The Bertz CT molecular complexity index is 2000. The number of aryl methyl sites for hydroxylation is 2. The van der Waals surface area contributed by atoms with Crippen LogP contribution in [0.2, 0.25) is 0 Å². The minimum atomic E-state index is -4.39. The van der Waals surface area contributed by atoms with Crippen LogP contribution in [0.4, 0.5) is 14.5 Å². The lowest BCUT2D eigenvalue weighted by molar-refractivity contribution is -0.140. The standard InChI is InChI=1S/C32H28F2N2O9S/c1-14-8-18(36-46(42,43)24-7-6-17(33)10-20(24)34)9-15(2)19(14)13-35-31(41)27-23(44-5)11-22(39)28-29(27)45-25-12-21(38)26(16(3)37)30(40)32(25,28)4/h6-12,26,36,39H,13H2,1-5H3,(H,35,41)/t26?,32-/m1/s1. The minimum Gasteiger partial charge on any atom is -0.507 e. The van der Waals surface area contributed by atoms with Crippen LogP contribution in [0.1, 0.15) is 46.5 Å². The number of amides is 1. The highest BCUT2D eigenvalue weighted by atomic mass is 32.2. The number of hydrogen-bond acceptors (Lipinski definition) is 9. The molecule has 5 rings (SSSR count). The van der Waals surface area contributed by atoms with Crippen LogP contribution in [-0.2, 0) is 36.4 Å². The first-order valence-corrected chi connectivity index (χ1v) is 15.3. The first-order chi connectivity index (χ1) is 21.5. The van der Waals surface area contributed by atoms with E-state index in [2.05, 4.69) is 10.0 Å². The molecule has 0 saturated carbocycles. The zero-order valence-electron chi connectivity index (χ0n) is 25.2. The number of phenolic OH excluding ortho intramolecular Hbond substituents is 1. The molecule has 1 amide bonds. The second kappa shape index (κ2) is 11.4. The van der Waals surface area contributed by atoms with Crippen LogP contribution >= 0.6 is 0 Å². The molecule has 0 radical (unpaired) electrons. The van der Waals surface area contributed by atoms with Gasteiger partial charge in [0.1, 0.15) is 56.5 Å². The summed E-state index contributed by atoms with van der Waals surface area (Å²) in [5.74, 6) is -7.61. The summed E-state index contributed by atoms with van der Waals surface area (Å²) >= 11 is 0. The SMILES string of the molecule is COc1cc(O)c2c(c1C(=O)NCc1c(C)cc(NS(=O)(=O)c3ccc(F)cc3F)cc1C)OC1=CC(=O)C(C(C)=O)C(=O)[C@]12C. The summed E-state index contributed by atoms with van der Waals surface area (Å²) in [5.41, 5.74) is -0.166. The maximum absolute atomic E-state index is 14.2. The molecule has 3 aromatic rings. The van der Waals surface area contributed by atoms with Crippen LogP contribution in [0.3, 0.4) is 0 Å². The number of ketones is 3. The largest absolute Gasteiger partial charge is 0.507 e. The van der Waals surface area contributed by atoms with E-state index in [1.54, 1.807) is 13.8 Å². The molecule has 3 N–H and O–H groups in total. The van der Waals surface area contributed by atoms with E-state index in [-0.39, 0.29) is 40.6 Å². The van der Waals surface area contributed by atoms with Gasteiger partial charge in [-0.25, -0.2) is 17.2 Å². The molecular weight excluding hydrogens is 626 g/mol. The Kier molecular flexibility index (Phi) is 7.97. The fraction of sp³-hybridized carbons (Fsp3) is 0.250. The van der Waals surface area contributed by atoms with Gasteiger partial charge in [-0.1, -0.05) is 0 Å². The van der Waals surface area contributed by atoms with Gasteiger partial charge in [-0.15, -0.1) is 0 Å². The fourth-order valence-corrected chi connectivity index (χ4v) is 6.94. The number of nitrogens with one attached hydrogen (secondary N) is 2. The molecule has 0 saturated heterocycles. The first kappa shape index (κ1) is 32.3. The predicted molar refractivity (Wildman–Crippen MR) is 159 cm³/mol. The number of phenols is 1. The molecule has 0 fully saturated rings. The van der Waals surface area contributed by atoms with Crippen LogP contribution in [0, 0.1) is 31.4 Å². The molecule has 2 aliphatic rings. The second-order valence-corrected chi connectivity index (χ2v) is 12.8. The molecule has 1 aliphatic carbocycles. The molecule has 240 valence electrons. The van der Waals surface area contributed by atoms with Gasteiger partial charge in [0.15, 0.2) is 17.3 Å². The topological polar surface area (TPSA) is 165 Å². The smallest absolute Gasteiger partial charge is 0.264 e. The van der Waals surface area contributed by atoms with Crippen LogP contribution < -0.4 is 19.5 Å². The Morgan fingerprint density at radius 1 is 1.09 bits per heavy atom. The monoisotopic (exact) mass is 654 g/mol. The van der Waals surface area contributed by atoms with Crippen LogP contribution in [0.5, 0.6) is 17.2 Å². The molecular formula is C32H28F2N2O9S. The third-order valence-electron chi connectivity index (χ3n) is 8.15. The first-order valence-electron chi connectivity index (χ1n) is 13.8. The summed E-state index contributed by atoms with van der Waals surface area (Å²) < 4.78 is 66.5. The molecule has 14 heteroatoms. The van der Waals surface area contributed by atoms with Gasteiger partial charge in [0.2, 0.25) is 0 Å². The summed E-state index contributed by atoms with van der Waals surface area (Å²) in [6, 6.07) is 6.19. The number of benzene rings is 3. The highest BCUT2D eigenvalue weighted by Gasteiger charge is 2.58. The van der Waals surface area contributed by atoms with Crippen molar-refractivity contribution in [2.24, 2.45) is 5.92 Å². The van der Waals surface area contributed by atoms with E-state index < -0.39 is 66.9 Å². The Balaban J connectivity index is 1.44. The molecule has 11 nitrogen and oxygen atoms in total. The molecule has 1 aliphatic heterocycles. The van der Waals surface area contributed by atoms with E-state index in [4.69, 9.17) is 9.47 Å². The van der Waals surface area contributed by atoms with Gasteiger partial charge in [0.05, 0.1) is 12.7 Å². The van der Waals surface area contributed by atoms with E-state index >= 15 is 0 Å². The average molecular weight is 655 g/mol. The maximum atomic E-state index is 14.2. The number of hydrogen-bond donors (Lipinski definition) is 3. The average Bonchev–Trinajstić information content (AvgIpc) is 3.25. The van der Waals surface area contributed by atoms with Gasteiger partial charge in [0, 0.05) is 30.4 Å². The molecule has 46 heavy (non-hydrogen) atoms. The quantitative estimate of drug-likeness (QED) is 0.305. The Morgan fingerprint density at radius 2 is 1.74 bits per heavy atom. The number of halogens is 2. The molecule has 2 atom stereocenters. The number of fused-ring (bicyclic) bond motifs is 3. The van der Waals surface area contributed by atoms with Crippen molar-refractivity contribution < 1.29 is 51.0 Å². The molecule has 0 aromatic heterocycles. The van der Waals surface area contributed by atoms with E-state index in [1.165, 1.54) is 26.2 Å². The number of carbonyl (C=O) groups excluding carboxylic acids is 4. The molecule has 0 bridgehead atoms. The predicted octanol–water partition coefficient (Wildman–Crippen LogP) is 3.92. The number of methoxy groups -OCH3 is 1. The van der Waals surface area contributed by atoms with Crippen LogP contribution in [0.15, 0.2) is 53.1 Å². The fourth-order valence-electron chi connectivity index (χ4n) is 5.84. The maximum Gasteiger partial charge on any atom is 0.264 e. The number of anilines is 1. The van der Waals surface area contributed by atoms with Gasteiger partial charge in [-0.05, 0) is 68.7 Å². The van der Waals surface area contributed by atoms with Crippen molar-refractivity contribution in [1.82, 2.24) is 5.32 Å². The molecule has 1 heterocycles. The third-order valence-corrected chi connectivity index (χ3v) is 9.57. The highest BCUT2D eigenvalue weighted by Crippen LogP contribution is 2.56. The number of rotatable bonds is 8. The number of aromatic hydroxyl groups is 1. The Morgan fingerprint density at radius 3 is 2.33 bits per heavy atom. The van der Waals surface area contributed by atoms with Crippen molar-refractivity contribution in [1.29, 1.82) is 0 Å². The third kappa shape index (κ3) is 5.17.